The van der Waals surface area contributed by atoms with Crippen molar-refractivity contribution in [2.75, 3.05) is 45.2 Å². The van der Waals surface area contributed by atoms with Crippen LogP contribution < -0.4 is 37.8 Å². The number of sulfonamides is 4. The van der Waals surface area contributed by atoms with Gasteiger partial charge >= 0.3 is 0 Å². The number of thiophene rings is 2. The van der Waals surface area contributed by atoms with Crippen LogP contribution in [0.5, 0.6) is 23.0 Å². The van der Waals surface area contributed by atoms with Gasteiger partial charge in [-0.2, -0.15) is 0 Å². The minimum atomic E-state index is -3.84. The van der Waals surface area contributed by atoms with Gasteiger partial charge in [0.2, 0.25) is 40.1 Å². The first-order valence-corrected chi connectivity index (χ1v) is 52.2. The lowest BCUT2D eigenvalue weighted by atomic mass is 10.1. The first-order valence-electron chi connectivity index (χ1n) is 42.5. The van der Waals surface area contributed by atoms with Gasteiger partial charge in [0.15, 0.2) is 0 Å². The summed E-state index contributed by atoms with van der Waals surface area (Å²) in [7, 11) is -13.1. The second-order valence-corrected chi connectivity index (χ2v) is 41.7. The number of ether oxygens (including phenoxy) is 4. The van der Waals surface area contributed by atoms with E-state index in [1.54, 1.807) is 35.9 Å². The summed E-state index contributed by atoms with van der Waals surface area (Å²) in [5, 5.41) is 9.63. The highest BCUT2D eigenvalue weighted by atomic mass is 35.5. The molecule has 0 spiro atoms. The van der Waals surface area contributed by atoms with Crippen molar-refractivity contribution in [2.45, 2.75) is 91.4 Å². The fourth-order valence-corrected chi connectivity index (χ4v) is 21.0. The Hall–Kier alpha value is -12.4. The lowest BCUT2D eigenvalue weighted by molar-refractivity contribution is 0.0963. The Morgan fingerprint density at radius 1 is 0.348 bits per heavy atom. The number of aryl methyl sites for hydroxylation is 9. The number of fused-ring (bicyclic) bond motifs is 6. The molecule has 4 amide bonds. The van der Waals surface area contributed by atoms with E-state index in [1.807, 2.05) is 263 Å². The third kappa shape index (κ3) is 25.5. The van der Waals surface area contributed by atoms with Crippen molar-refractivity contribution in [1.29, 1.82) is 0 Å². The maximum absolute atomic E-state index is 13.3. The van der Waals surface area contributed by atoms with Crippen LogP contribution in [0.15, 0.2) is 267 Å². The van der Waals surface area contributed by atoms with Crippen molar-refractivity contribution in [3.8, 4) is 23.0 Å². The lowest BCUT2D eigenvalue weighted by Crippen LogP contribution is -2.32. The van der Waals surface area contributed by atoms with Crippen LogP contribution in [0.2, 0.25) is 10.0 Å². The molecule has 0 fully saturated rings. The fourth-order valence-electron chi connectivity index (χ4n) is 15.9. The summed E-state index contributed by atoms with van der Waals surface area (Å²) in [6.45, 7) is 10.1. The summed E-state index contributed by atoms with van der Waals surface area (Å²) in [5.41, 5.74) is 11.2. The summed E-state index contributed by atoms with van der Waals surface area (Å²) in [4.78, 5) is 52.5. The molecule has 0 aliphatic rings. The lowest BCUT2D eigenvalue weighted by Gasteiger charge is -2.13. The number of hydrogen-bond donors (Lipinski definition) is 4. The third-order valence-corrected chi connectivity index (χ3v) is 28.1. The van der Waals surface area contributed by atoms with E-state index in [1.165, 1.54) is 22.7 Å². The molecule has 0 unspecified atom stereocenters. The summed E-state index contributed by atoms with van der Waals surface area (Å²) in [5.74, 6) is 0.477. The number of carbonyl (C=O) groups excluding carboxylic acids is 4. The Bertz CT molecular complexity index is 7370. The molecule has 30 heteroatoms. The van der Waals surface area contributed by atoms with E-state index < -0.39 is 63.7 Å². The van der Waals surface area contributed by atoms with Crippen LogP contribution in [0, 0.1) is 27.7 Å². The van der Waals surface area contributed by atoms with Crippen LogP contribution in [0.1, 0.15) is 122 Å². The van der Waals surface area contributed by atoms with Crippen LogP contribution in [-0.4, -0.2) is 112 Å². The molecule has 0 saturated carbocycles. The standard InChI is InChI=1S/C29H25NO4S2.C28H29ClN2O4S.C23H21NO4S2.C22H25ClN2O4S/c31-29(30-36(32,33)20-21-10-2-1-3-11-21)28-25(24-15-6-7-18-27(24)35-28)16-9-19-34-26-17-8-13-22-12-4-5-14-23(22)26;1-19-16-22(17-20(2)26(19)29)35-15-9-13-24-23-12-7-8-14-25(23)31(18-21-10-5-4-6-11-21)27(24)28(32)30-36(3,33)34;1-30(26,27)24-23(25)22-19(18-11-4-5-14-21(18)29-22)12-7-15-28-20-13-6-9-16-8-2-3-10-17(16)20;1-14-12-16(13-15(2)20(14)23)29-11-7-9-18-17-8-5-6-10-19(17)25(3)21(18)22(26)24-30(4,27)28/h1-8,10-15,17-18H,9,16,19-20H2,(H,30,31);4-8,10-12,14,16-17H,9,13,15,18H2,1-3H3,(H,30,32);2-6,8-11,13-14H,7,12,15H2,1H3,(H,24,25);5-6,8,10,12-13H,7,9,11H2,1-4H3,(H,24,26). The number of aromatic nitrogens is 2. The first kappa shape index (κ1) is 97.2. The average molecular weight is 1930 g/mol. The average Bonchev–Trinajstić information content (AvgIpc) is 1.61. The molecular weight excluding hydrogens is 1830 g/mol. The van der Waals surface area contributed by atoms with Crippen LogP contribution in [-0.2, 0) is 85.1 Å². The van der Waals surface area contributed by atoms with Gasteiger partial charge in [0.25, 0.3) is 23.6 Å². The van der Waals surface area contributed by atoms with Crippen molar-refractivity contribution in [1.82, 2.24) is 28.0 Å². The van der Waals surface area contributed by atoms with E-state index in [2.05, 4.69) is 31.0 Å². The highest BCUT2D eigenvalue weighted by Gasteiger charge is 2.29. The van der Waals surface area contributed by atoms with Crippen molar-refractivity contribution in [3.63, 3.8) is 0 Å². The van der Waals surface area contributed by atoms with E-state index in [0.717, 1.165) is 165 Å². The van der Waals surface area contributed by atoms with Crippen LogP contribution in [0.4, 0.5) is 0 Å². The van der Waals surface area contributed by atoms with Gasteiger partial charge in [-0.15, -0.1) is 22.7 Å². The molecule has 16 aromatic rings. The van der Waals surface area contributed by atoms with Gasteiger partial charge in [-0.3, -0.25) is 19.2 Å². The normalized spacial score (nSPS) is 11.6. The Morgan fingerprint density at radius 3 is 1.13 bits per heavy atom. The number of nitrogens with zero attached hydrogens (tertiary/aromatic N) is 2. The second-order valence-electron chi connectivity index (χ2n) is 31.9. The van der Waals surface area contributed by atoms with Crippen LogP contribution in [0.25, 0.3) is 63.5 Å². The molecule has 4 heterocycles. The quantitative estimate of drug-likeness (QED) is 0.0285. The van der Waals surface area contributed by atoms with Crippen LogP contribution in [0.3, 0.4) is 0 Å². The third-order valence-electron chi connectivity index (χ3n) is 21.6. The minimum absolute atomic E-state index is 0.251. The molecule has 0 bridgehead atoms. The Kier molecular flexibility index (Phi) is 32.2. The number of halogens is 2. The number of carbonyl (C=O) groups is 4. The van der Waals surface area contributed by atoms with Gasteiger partial charge in [-0.1, -0.05) is 229 Å². The molecule has 0 atom stereocenters. The number of rotatable bonds is 32. The molecule has 22 nitrogen and oxygen atoms in total. The molecule has 132 heavy (non-hydrogen) atoms. The molecular formula is C102H100Cl2N6O16S6. The highest BCUT2D eigenvalue weighted by molar-refractivity contribution is 7.90. The number of benzene rings is 12. The predicted molar refractivity (Wildman–Crippen MR) is 533 cm³/mol. The predicted octanol–water partition coefficient (Wildman–Crippen LogP) is 20.9. The molecule has 0 aliphatic heterocycles. The molecule has 0 radical (unpaired) electrons. The Balaban J connectivity index is 0.000000150. The molecule has 4 aromatic heterocycles. The van der Waals surface area contributed by atoms with E-state index in [0.29, 0.717) is 111 Å². The number of amides is 4. The van der Waals surface area contributed by atoms with Gasteiger partial charge in [0.1, 0.15) is 34.4 Å². The summed E-state index contributed by atoms with van der Waals surface area (Å²) < 4.78 is 134. The van der Waals surface area contributed by atoms with Crippen molar-refractivity contribution < 1.29 is 71.8 Å². The fraction of sp³-hybridized carbons (Fsp3) is 0.216. The number of hydrogen-bond acceptors (Lipinski definition) is 18. The van der Waals surface area contributed by atoms with Crippen LogP contribution >= 0.6 is 45.9 Å². The smallest absolute Gasteiger partial charge is 0.281 e. The summed E-state index contributed by atoms with van der Waals surface area (Å²) >= 11 is 15.1. The molecule has 12 aromatic carbocycles. The number of para-hydroxylation sites is 2. The van der Waals surface area contributed by atoms with Gasteiger partial charge in [0.05, 0.1) is 60.7 Å². The SMILES string of the molecule is CS(=O)(=O)NC(=O)c1sc2ccccc2c1CCCOc1cccc2ccccc12.Cc1cc(OCCCc2c(C(=O)NS(C)(=O)=O)n(C)c3ccccc23)cc(C)c1Cl.Cc1cc(OCCCc2c(C(=O)NS(C)(=O)=O)n(Cc3ccccc3)c3ccccc23)cc(C)c1Cl.O=C(NS(=O)(=O)Cc1ccccc1)c1sc2ccccc2c1CCCOc1cccc2ccccc12. The van der Waals surface area contributed by atoms with Crippen molar-refractivity contribution in [2.24, 2.45) is 7.05 Å². The Morgan fingerprint density at radius 2 is 0.682 bits per heavy atom. The molecule has 0 saturated heterocycles. The number of nitrogens with one attached hydrogen (secondary N) is 4. The van der Waals surface area contributed by atoms with Crippen molar-refractivity contribution in [3.05, 3.63) is 354 Å². The van der Waals surface area contributed by atoms with E-state index in [9.17, 15) is 52.8 Å². The summed E-state index contributed by atoms with van der Waals surface area (Å²) in [6.07, 6.45) is 7.93. The highest BCUT2D eigenvalue weighted by Crippen LogP contribution is 2.38. The molecule has 16 rings (SSSR count). The van der Waals surface area contributed by atoms with Gasteiger partial charge in [-0.05, 0) is 217 Å². The van der Waals surface area contributed by atoms with E-state index in [4.69, 9.17) is 42.1 Å². The van der Waals surface area contributed by atoms with Crippen molar-refractivity contribution >= 4 is 173 Å². The topological polar surface area (TPSA) is 300 Å². The zero-order valence-electron chi connectivity index (χ0n) is 73.9. The zero-order chi connectivity index (χ0) is 94.0. The van der Waals surface area contributed by atoms with Gasteiger partial charge in [0, 0.05) is 65.6 Å². The maximum Gasteiger partial charge on any atom is 0.281 e. The maximum atomic E-state index is 13.3. The first-order chi connectivity index (χ1) is 63.1. The Labute approximate surface area is 787 Å². The van der Waals surface area contributed by atoms with Gasteiger partial charge < -0.3 is 28.1 Å². The molecule has 4 N–H and O–H groups in total. The zero-order valence-corrected chi connectivity index (χ0v) is 80.3. The van der Waals surface area contributed by atoms with Gasteiger partial charge in [-0.25, -0.2) is 52.6 Å². The second kappa shape index (κ2) is 43.8. The summed E-state index contributed by atoms with van der Waals surface area (Å²) in [6, 6.07) is 85.2. The minimum Gasteiger partial charge on any atom is -0.494 e. The molecule has 684 valence electrons. The molecule has 0 aliphatic carbocycles. The monoisotopic (exact) mass is 1930 g/mol. The van der Waals surface area contributed by atoms with E-state index in [-0.39, 0.29) is 5.75 Å². The largest absolute Gasteiger partial charge is 0.494 e. The van der Waals surface area contributed by atoms with E-state index >= 15 is 0 Å².